The number of aromatic nitrogens is 1. The maximum absolute atomic E-state index is 12.6. The fraction of sp³-hybridized carbons (Fsp3) is 0.0769. The molecule has 0 unspecified atom stereocenters. The second kappa shape index (κ2) is 5.87. The fourth-order valence-electron chi connectivity index (χ4n) is 1.57. The highest BCUT2D eigenvalue weighted by Crippen LogP contribution is 2.12. The van der Waals surface area contributed by atoms with Crippen molar-refractivity contribution in [2.75, 3.05) is 0 Å². The van der Waals surface area contributed by atoms with Crippen molar-refractivity contribution in [2.24, 2.45) is 0 Å². The minimum Gasteiger partial charge on any atom is -0.348 e. The molecular formula is C13H10FN3O3. The molecule has 0 radical (unpaired) electrons. The molecule has 6 nitrogen and oxygen atoms in total. The number of hydrogen-bond donors (Lipinski definition) is 1. The van der Waals surface area contributed by atoms with E-state index in [-0.39, 0.29) is 17.8 Å². The van der Waals surface area contributed by atoms with Crippen molar-refractivity contribution in [3.63, 3.8) is 0 Å². The van der Waals surface area contributed by atoms with Crippen LogP contribution in [0.1, 0.15) is 15.9 Å². The van der Waals surface area contributed by atoms with E-state index >= 15 is 0 Å². The van der Waals surface area contributed by atoms with Crippen LogP contribution in [0.3, 0.4) is 0 Å². The number of nitro benzene ring substituents is 1. The van der Waals surface area contributed by atoms with Crippen LogP contribution in [0.15, 0.2) is 42.6 Å². The lowest BCUT2D eigenvalue weighted by atomic mass is 10.2. The standard InChI is InChI=1S/C13H10FN3O3/c14-12-5-4-10(8-15-12)13(18)16-7-9-2-1-3-11(6-9)17(19)20/h1-6,8H,7H2,(H,16,18). The number of amides is 1. The molecule has 0 aliphatic heterocycles. The van der Waals surface area contributed by atoms with Crippen LogP contribution in [0.2, 0.25) is 0 Å². The minimum atomic E-state index is -0.666. The average molecular weight is 275 g/mol. The number of halogens is 1. The first-order valence-electron chi connectivity index (χ1n) is 5.69. The van der Waals surface area contributed by atoms with Crippen LogP contribution in [0.4, 0.5) is 10.1 Å². The van der Waals surface area contributed by atoms with E-state index in [1.165, 1.54) is 18.2 Å². The predicted molar refractivity (Wildman–Crippen MR) is 68.5 cm³/mol. The number of carbonyl (C=O) groups excluding carboxylic acids is 1. The molecule has 0 aliphatic carbocycles. The van der Waals surface area contributed by atoms with Crippen LogP contribution in [-0.4, -0.2) is 15.8 Å². The van der Waals surface area contributed by atoms with E-state index in [4.69, 9.17) is 0 Å². The molecular weight excluding hydrogens is 265 g/mol. The first-order chi connectivity index (χ1) is 9.56. The van der Waals surface area contributed by atoms with Crippen LogP contribution < -0.4 is 5.32 Å². The van der Waals surface area contributed by atoms with Gasteiger partial charge >= 0.3 is 0 Å². The SMILES string of the molecule is O=C(NCc1cccc([N+](=O)[O-])c1)c1ccc(F)nc1. The van der Waals surface area contributed by atoms with Crippen LogP contribution in [-0.2, 0) is 6.54 Å². The van der Waals surface area contributed by atoms with Gasteiger partial charge in [-0.2, -0.15) is 4.39 Å². The summed E-state index contributed by atoms with van der Waals surface area (Å²) in [6.45, 7) is 0.137. The van der Waals surface area contributed by atoms with E-state index in [0.717, 1.165) is 12.3 Å². The monoisotopic (exact) mass is 275 g/mol. The van der Waals surface area contributed by atoms with Crippen molar-refractivity contribution in [3.05, 3.63) is 69.8 Å². The van der Waals surface area contributed by atoms with E-state index in [2.05, 4.69) is 10.3 Å². The van der Waals surface area contributed by atoms with Crippen molar-refractivity contribution in [3.8, 4) is 0 Å². The number of non-ortho nitro benzene ring substituents is 1. The molecule has 1 aromatic carbocycles. The van der Waals surface area contributed by atoms with Gasteiger partial charge in [-0.3, -0.25) is 14.9 Å². The van der Waals surface area contributed by atoms with Crippen molar-refractivity contribution >= 4 is 11.6 Å². The predicted octanol–water partition coefficient (Wildman–Crippen LogP) is 2.06. The highest BCUT2D eigenvalue weighted by Gasteiger charge is 2.08. The summed E-state index contributed by atoms with van der Waals surface area (Å²) >= 11 is 0. The number of rotatable bonds is 4. The van der Waals surface area contributed by atoms with Gasteiger partial charge in [-0.1, -0.05) is 12.1 Å². The summed E-state index contributed by atoms with van der Waals surface area (Å²) < 4.78 is 12.6. The van der Waals surface area contributed by atoms with E-state index in [0.29, 0.717) is 5.56 Å². The summed E-state index contributed by atoms with van der Waals surface area (Å²) in [5.41, 5.74) is 0.777. The smallest absolute Gasteiger partial charge is 0.269 e. The normalized spacial score (nSPS) is 10.1. The molecule has 0 fully saturated rings. The second-order valence-electron chi connectivity index (χ2n) is 3.98. The van der Waals surface area contributed by atoms with E-state index < -0.39 is 16.8 Å². The first kappa shape index (κ1) is 13.6. The lowest BCUT2D eigenvalue weighted by molar-refractivity contribution is -0.384. The van der Waals surface area contributed by atoms with Gasteiger partial charge in [-0.25, -0.2) is 4.98 Å². The zero-order valence-corrected chi connectivity index (χ0v) is 10.2. The van der Waals surface area contributed by atoms with Gasteiger partial charge in [0.1, 0.15) is 0 Å². The molecule has 0 atom stereocenters. The number of hydrogen-bond acceptors (Lipinski definition) is 4. The van der Waals surface area contributed by atoms with E-state index in [1.807, 2.05) is 0 Å². The molecule has 0 aliphatic rings. The zero-order valence-electron chi connectivity index (χ0n) is 10.2. The Labute approximate surface area is 113 Å². The molecule has 0 bridgehead atoms. The summed E-state index contributed by atoms with van der Waals surface area (Å²) in [4.78, 5) is 25.2. The Morgan fingerprint density at radius 3 is 2.80 bits per heavy atom. The van der Waals surface area contributed by atoms with Gasteiger partial charge < -0.3 is 5.32 Å². The lowest BCUT2D eigenvalue weighted by Gasteiger charge is -2.05. The molecule has 1 N–H and O–H groups in total. The van der Waals surface area contributed by atoms with Crippen LogP contribution in [0, 0.1) is 16.1 Å². The Morgan fingerprint density at radius 1 is 1.35 bits per heavy atom. The molecule has 1 amide bonds. The Hall–Kier alpha value is -2.83. The molecule has 20 heavy (non-hydrogen) atoms. The summed E-state index contributed by atoms with van der Waals surface area (Å²) in [6.07, 6.45) is 1.12. The third-order valence-corrected chi connectivity index (χ3v) is 2.56. The highest BCUT2D eigenvalue weighted by atomic mass is 19.1. The number of carbonyl (C=O) groups is 1. The first-order valence-corrected chi connectivity index (χ1v) is 5.69. The Kier molecular flexibility index (Phi) is 3.99. The van der Waals surface area contributed by atoms with Crippen LogP contribution in [0.25, 0.3) is 0 Å². The summed E-state index contributed by atoms with van der Waals surface area (Å²) in [6, 6.07) is 8.35. The molecule has 7 heteroatoms. The Morgan fingerprint density at radius 2 is 2.15 bits per heavy atom. The van der Waals surface area contributed by atoms with Crippen molar-refractivity contribution in [2.45, 2.75) is 6.54 Å². The van der Waals surface area contributed by atoms with Gasteiger partial charge in [0.2, 0.25) is 5.95 Å². The minimum absolute atomic E-state index is 0.0415. The zero-order chi connectivity index (χ0) is 14.5. The summed E-state index contributed by atoms with van der Waals surface area (Å²) in [5.74, 6) is -1.09. The molecule has 0 saturated carbocycles. The van der Waals surface area contributed by atoms with Gasteiger partial charge in [0.25, 0.3) is 11.6 Å². The molecule has 1 heterocycles. The van der Waals surface area contributed by atoms with Gasteiger partial charge in [-0.15, -0.1) is 0 Å². The van der Waals surface area contributed by atoms with Gasteiger partial charge in [-0.05, 0) is 17.7 Å². The number of nitro groups is 1. The van der Waals surface area contributed by atoms with E-state index in [9.17, 15) is 19.3 Å². The van der Waals surface area contributed by atoms with Crippen molar-refractivity contribution in [1.29, 1.82) is 0 Å². The van der Waals surface area contributed by atoms with Crippen LogP contribution >= 0.6 is 0 Å². The number of benzene rings is 1. The topological polar surface area (TPSA) is 85.1 Å². The maximum Gasteiger partial charge on any atom is 0.269 e. The molecule has 2 aromatic rings. The maximum atomic E-state index is 12.6. The summed E-state index contributed by atoms with van der Waals surface area (Å²) in [7, 11) is 0. The third kappa shape index (κ3) is 3.35. The van der Waals surface area contributed by atoms with Gasteiger partial charge in [0.05, 0.1) is 10.5 Å². The number of pyridine rings is 1. The Balaban J connectivity index is 2.01. The molecule has 0 saturated heterocycles. The van der Waals surface area contributed by atoms with Crippen molar-refractivity contribution in [1.82, 2.24) is 10.3 Å². The summed E-state index contributed by atoms with van der Waals surface area (Å²) in [5, 5.41) is 13.2. The highest BCUT2D eigenvalue weighted by molar-refractivity contribution is 5.93. The quantitative estimate of drug-likeness (QED) is 0.525. The number of nitrogens with zero attached hydrogens (tertiary/aromatic N) is 2. The van der Waals surface area contributed by atoms with Gasteiger partial charge in [0.15, 0.2) is 0 Å². The molecule has 0 spiro atoms. The average Bonchev–Trinajstić information content (AvgIpc) is 2.46. The van der Waals surface area contributed by atoms with Crippen molar-refractivity contribution < 1.29 is 14.1 Å². The fourth-order valence-corrected chi connectivity index (χ4v) is 1.57. The lowest BCUT2D eigenvalue weighted by Crippen LogP contribution is -2.23. The largest absolute Gasteiger partial charge is 0.348 e. The van der Waals surface area contributed by atoms with E-state index in [1.54, 1.807) is 12.1 Å². The molecule has 1 aromatic heterocycles. The molecule has 2 rings (SSSR count). The van der Waals surface area contributed by atoms with Gasteiger partial charge in [0, 0.05) is 24.9 Å². The number of nitrogens with one attached hydrogen (secondary N) is 1. The Bertz CT molecular complexity index is 644. The third-order valence-electron chi connectivity index (χ3n) is 2.56. The molecule has 102 valence electrons. The second-order valence-corrected chi connectivity index (χ2v) is 3.98. The van der Waals surface area contributed by atoms with Crippen LogP contribution in [0.5, 0.6) is 0 Å².